The second-order valence-corrected chi connectivity index (χ2v) is 6.83. The van der Waals surface area contributed by atoms with E-state index >= 15 is 0 Å². The number of rotatable bonds is 8. The van der Waals surface area contributed by atoms with Crippen LogP contribution in [0.25, 0.3) is 0 Å². The Hall–Kier alpha value is -2.49. The summed E-state index contributed by atoms with van der Waals surface area (Å²) < 4.78 is 4.84. The number of carboxylic acid groups (broad SMARTS) is 1. The van der Waals surface area contributed by atoms with Crippen LogP contribution in [0.1, 0.15) is 60.7 Å². The molecule has 3 N–H and O–H groups in total. The summed E-state index contributed by atoms with van der Waals surface area (Å²) >= 11 is 0.867. The van der Waals surface area contributed by atoms with Gasteiger partial charge in [0.05, 0.1) is 6.61 Å². The van der Waals surface area contributed by atoms with E-state index in [0.717, 1.165) is 11.3 Å². The first-order valence-corrected chi connectivity index (χ1v) is 8.37. The first-order chi connectivity index (χ1) is 11.6. The molecular weight excluding hydrogens is 350 g/mol. The number of aromatic nitrogens is 1. The van der Waals surface area contributed by atoms with Crippen molar-refractivity contribution in [1.29, 1.82) is 0 Å². The molecule has 25 heavy (non-hydrogen) atoms. The van der Waals surface area contributed by atoms with Gasteiger partial charge < -0.3 is 15.2 Å². The van der Waals surface area contributed by atoms with E-state index in [4.69, 9.17) is 9.84 Å². The number of hydrogen-bond donors (Lipinski definition) is 3. The second kappa shape index (κ2) is 8.56. The predicted molar refractivity (Wildman–Crippen MR) is 91.2 cm³/mol. The average Bonchev–Trinajstić information content (AvgIpc) is 2.89. The summed E-state index contributed by atoms with van der Waals surface area (Å²) in [6, 6.07) is -0.616. The lowest BCUT2D eigenvalue weighted by Crippen LogP contribution is -2.45. The Balaban J connectivity index is 2.83. The van der Waals surface area contributed by atoms with Gasteiger partial charge in [0.25, 0.3) is 0 Å². The Bertz CT molecular complexity index is 683. The highest BCUT2D eigenvalue weighted by Gasteiger charge is 2.25. The zero-order valence-electron chi connectivity index (χ0n) is 14.5. The number of amides is 2. The lowest BCUT2D eigenvalue weighted by molar-refractivity contribution is -0.137. The van der Waals surface area contributed by atoms with Crippen molar-refractivity contribution in [2.24, 2.45) is 0 Å². The Morgan fingerprint density at radius 1 is 1.28 bits per heavy atom. The Morgan fingerprint density at radius 2 is 1.92 bits per heavy atom. The molecule has 0 aliphatic rings. The fourth-order valence-corrected chi connectivity index (χ4v) is 2.71. The molecule has 0 saturated heterocycles. The maximum Gasteiger partial charge on any atom is 0.358 e. The number of Topliss-reactive ketones (excluding diaryl/α,β-unsaturated/α-hetero) is 1. The first kappa shape index (κ1) is 20.6. The molecule has 0 saturated carbocycles. The Kier molecular flexibility index (Phi) is 7.04. The third-order valence-electron chi connectivity index (χ3n) is 3.05. The number of ether oxygens (including phenoxy) is 1. The zero-order chi connectivity index (χ0) is 19.2. The van der Waals surface area contributed by atoms with E-state index < -0.39 is 23.5 Å². The van der Waals surface area contributed by atoms with Crippen LogP contribution in [0.15, 0.2) is 0 Å². The number of hydrogen-bond acceptors (Lipinski definition) is 7. The number of aliphatic carboxylic acids is 1. The molecule has 0 aromatic carbocycles. The third-order valence-corrected chi connectivity index (χ3v) is 4.12. The molecule has 0 atom stereocenters. The van der Waals surface area contributed by atoms with Gasteiger partial charge >= 0.3 is 18.0 Å². The minimum Gasteiger partial charge on any atom is -0.481 e. The van der Waals surface area contributed by atoms with Gasteiger partial charge in [-0.2, -0.15) is 0 Å². The molecular formula is C15H21N3O6S. The molecule has 0 aliphatic carbocycles. The number of carbonyl (C=O) groups excluding carboxylic acids is 3. The van der Waals surface area contributed by atoms with E-state index in [-0.39, 0.29) is 40.9 Å². The molecule has 0 aliphatic heterocycles. The van der Waals surface area contributed by atoms with Crippen LogP contribution in [0, 0.1) is 0 Å². The van der Waals surface area contributed by atoms with Crippen molar-refractivity contribution >= 4 is 40.2 Å². The van der Waals surface area contributed by atoms with Crippen molar-refractivity contribution in [2.45, 2.75) is 46.1 Å². The highest BCUT2D eigenvalue weighted by molar-refractivity contribution is 7.18. The Labute approximate surface area is 148 Å². The van der Waals surface area contributed by atoms with Crippen LogP contribution < -0.4 is 10.6 Å². The molecule has 1 aromatic rings. The molecule has 0 radical (unpaired) electrons. The van der Waals surface area contributed by atoms with Gasteiger partial charge in [-0.1, -0.05) is 11.3 Å². The van der Waals surface area contributed by atoms with Gasteiger partial charge in [-0.05, 0) is 27.2 Å². The highest BCUT2D eigenvalue weighted by Crippen LogP contribution is 2.24. The van der Waals surface area contributed by atoms with Crippen LogP contribution in [-0.2, 0) is 9.53 Å². The summed E-state index contributed by atoms with van der Waals surface area (Å²) in [5, 5.41) is 13.9. The average molecular weight is 371 g/mol. The van der Waals surface area contributed by atoms with Crippen LogP contribution in [0.2, 0.25) is 0 Å². The van der Waals surface area contributed by atoms with E-state index in [1.54, 1.807) is 20.8 Å². The summed E-state index contributed by atoms with van der Waals surface area (Å²) in [6.45, 7) is 6.41. The molecule has 0 bridgehead atoms. The van der Waals surface area contributed by atoms with Gasteiger partial charge in [-0.15, -0.1) is 0 Å². The maximum atomic E-state index is 12.1. The van der Waals surface area contributed by atoms with Crippen molar-refractivity contribution in [3.05, 3.63) is 10.6 Å². The fraction of sp³-hybridized carbons (Fsp3) is 0.533. The number of ketones is 1. The van der Waals surface area contributed by atoms with Crippen LogP contribution in [-0.4, -0.2) is 46.0 Å². The smallest absolute Gasteiger partial charge is 0.358 e. The molecule has 1 aromatic heterocycles. The third kappa shape index (κ3) is 6.49. The lowest BCUT2D eigenvalue weighted by atomic mass is 9.99. The largest absolute Gasteiger partial charge is 0.481 e. The van der Waals surface area contributed by atoms with Crippen molar-refractivity contribution < 1.29 is 29.0 Å². The number of anilines is 1. The quantitative estimate of drug-likeness (QED) is 0.471. The van der Waals surface area contributed by atoms with Crippen LogP contribution in [0.4, 0.5) is 9.93 Å². The summed E-state index contributed by atoms with van der Waals surface area (Å²) in [5.74, 6) is -2.06. The van der Waals surface area contributed by atoms with E-state index in [1.807, 2.05) is 0 Å². The fourth-order valence-electron chi connectivity index (χ4n) is 1.87. The number of nitrogens with one attached hydrogen (secondary N) is 2. The van der Waals surface area contributed by atoms with Gasteiger partial charge in [-0.25, -0.2) is 14.6 Å². The van der Waals surface area contributed by atoms with Gasteiger partial charge in [0, 0.05) is 18.9 Å². The van der Waals surface area contributed by atoms with E-state index in [2.05, 4.69) is 15.6 Å². The lowest BCUT2D eigenvalue weighted by Gasteiger charge is -2.25. The van der Waals surface area contributed by atoms with Gasteiger partial charge in [0.2, 0.25) is 0 Å². The molecule has 0 spiro atoms. The molecule has 0 unspecified atom stereocenters. The molecule has 10 heteroatoms. The van der Waals surface area contributed by atoms with Crippen LogP contribution in [0.3, 0.4) is 0 Å². The van der Waals surface area contributed by atoms with E-state index in [0.29, 0.717) is 0 Å². The molecule has 138 valence electrons. The Morgan fingerprint density at radius 3 is 2.44 bits per heavy atom. The molecule has 1 heterocycles. The highest BCUT2D eigenvalue weighted by atomic mass is 32.1. The van der Waals surface area contributed by atoms with Gasteiger partial charge in [0.15, 0.2) is 16.6 Å². The summed E-state index contributed by atoms with van der Waals surface area (Å²) in [7, 11) is 0. The second-order valence-electron chi connectivity index (χ2n) is 5.83. The monoisotopic (exact) mass is 371 g/mol. The number of thiazole rings is 1. The molecule has 9 nitrogen and oxygen atoms in total. The number of nitrogens with zero attached hydrogens (tertiary/aromatic N) is 1. The summed E-state index contributed by atoms with van der Waals surface area (Å²) in [6.07, 6.45) is 0.145. The summed E-state index contributed by atoms with van der Waals surface area (Å²) in [4.78, 5) is 50.2. The SMILES string of the molecule is CCOC(=O)c1nc(NC(=O)NC(C)(C)CCC(=O)O)sc1C(C)=O. The molecule has 0 fully saturated rings. The number of urea groups is 1. The minimum absolute atomic E-state index is 0.0692. The number of carboxylic acids is 1. The maximum absolute atomic E-state index is 12.1. The number of esters is 1. The van der Waals surface area contributed by atoms with Gasteiger partial charge in [-0.3, -0.25) is 14.9 Å². The molecule has 2 amide bonds. The van der Waals surface area contributed by atoms with Crippen molar-refractivity contribution in [2.75, 3.05) is 11.9 Å². The molecule has 1 rings (SSSR count). The summed E-state index contributed by atoms with van der Waals surface area (Å²) in [5.41, 5.74) is -0.896. The topological polar surface area (TPSA) is 135 Å². The zero-order valence-corrected chi connectivity index (χ0v) is 15.3. The minimum atomic E-state index is -0.958. The van der Waals surface area contributed by atoms with Crippen molar-refractivity contribution in [3.63, 3.8) is 0 Å². The van der Waals surface area contributed by atoms with Crippen LogP contribution >= 0.6 is 11.3 Å². The van der Waals surface area contributed by atoms with Crippen molar-refractivity contribution in [3.8, 4) is 0 Å². The van der Waals surface area contributed by atoms with Crippen molar-refractivity contribution in [1.82, 2.24) is 10.3 Å². The van der Waals surface area contributed by atoms with E-state index in [1.165, 1.54) is 6.92 Å². The standard InChI is InChI=1S/C15H21N3O6S/c1-5-24-12(22)10-11(8(2)19)25-14(16-10)17-13(23)18-15(3,4)7-6-9(20)21/h5-7H2,1-4H3,(H,20,21)(H2,16,17,18,23). The normalized spacial score (nSPS) is 10.9. The van der Waals surface area contributed by atoms with Crippen LogP contribution in [0.5, 0.6) is 0 Å². The predicted octanol–water partition coefficient (Wildman–Crippen LogP) is 2.29. The van der Waals surface area contributed by atoms with Gasteiger partial charge in [0.1, 0.15) is 4.88 Å². The van der Waals surface area contributed by atoms with E-state index in [9.17, 15) is 19.2 Å². The first-order valence-electron chi connectivity index (χ1n) is 7.55. The number of carbonyl (C=O) groups is 4.